The Morgan fingerprint density at radius 1 is 1.52 bits per heavy atom. The highest BCUT2D eigenvalue weighted by atomic mass is 19.1. The maximum Gasteiger partial charge on any atom is 0.313 e. The second-order valence-electron chi connectivity index (χ2n) is 6.43. The van der Waals surface area contributed by atoms with Crippen LogP contribution in [0, 0.1) is 11.7 Å². The molecule has 0 unspecified atom stereocenters. The smallest absolute Gasteiger partial charge is 0.313 e. The highest BCUT2D eigenvalue weighted by Gasteiger charge is 2.51. The third-order valence-corrected chi connectivity index (χ3v) is 4.55. The van der Waals surface area contributed by atoms with Gasteiger partial charge in [0.2, 0.25) is 0 Å². The molecule has 0 amide bonds. The van der Waals surface area contributed by atoms with Crippen molar-refractivity contribution in [2.75, 3.05) is 6.61 Å². The molecule has 1 heterocycles. The number of hydrogen-bond donors (Lipinski definition) is 3. The number of aromatic amines is 2. The molecule has 1 aliphatic carbocycles. The molecule has 1 aliphatic rings. The van der Waals surface area contributed by atoms with E-state index in [2.05, 4.69) is 16.8 Å². The van der Waals surface area contributed by atoms with Gasteiger partial charge in [0.05, 0.1) is 11.5 Å². The summed E-state index contributed by atoms with van der Waals surface area (Å²) in [4.78, 5) is 24.9. The van der Waals surface area contributed by atoms with Crippen LogP contribution < -0.4 is 5.56 Å². The first kappa shape index (κ1) is 17.2. The number of aliphatic hydroxyl groups is 1. The van der Waals surface area contributed by atoms with Gasteiger partial charge in [-0.1, -0.05) is 24.8 Å². The number of benzene rings is 1. The lowest BCUT2D eigenvalue weighted by Gasteiger charge is -2.40. The molecule has 3 rings (SSSR count). The lowest BCUT2D eigenvalue weighted by atomic mass is 9.66. The van der Waals surface area contributed by atoms with Gasteiger partial charge >= 0.3 is 5.97 Å². The van der Waals surface area contributed by atoms with Gasteiger partial charge in [0, 0.05) is 23.6 Å². The van der Waals surface area contributed by atoms with E-state index < -0.39 is 34.8 Å². The van der Waals surface area contributed by atoms with E-state index in [1.54, 1.807) is 6.07 Å². The second kappa shape index (κ2) is 6.33. The lowest BCUT2D eigenvalue weighted by Crippen LogP contribution is -2.50. The molecule has 0 fully saturated rings. The molecule has 132 valence electrons. The molecule has 6 nitrogen and oxygen atoms in total. The highest BCUT2D eigenvalue weighted by molar-refractivity contribution is 5.77. The summed E-state index contributed by atoms with van der Waals surface area (Å²) in [7, 11) is 0. The fourth-order valence-corrected chi connectivity index (χ4v) is 3.55. The van der Waals surface area contributed by atoms with Gasteiger partial charge in [-0.25, -0.2) is 4.39 Å². The maximum atomic E-state index is 13.8. The Balaban J connectivity index is 2.18. The Kier molecular flexibility index (Phi) is 4.34. The first-order valence-electron chi connectivity index (χ1n) is 7.90. The summed E-state index contributed by atoms with van der Waals surface area (Å²) in [6.45, 7) is 4.99. The van der Waals surface area contributed by atoms with Gasteiger partial charge in [-0.2, -0.15) is 0 Å². The number of halogens is 1. The molecule has 0 saturated heterocycles. The summed E-state index contributed by atoms with van der Waals surface area (Å²) in [5, 5.41) is 16.1. The second-order valence-corrected chi connectivity index (χ2v) is 6.43. The van der Waals surface area contributed by atoms with Crippen LogP contribution >= 0.6 is 0 Å². The summed E-state index contributed by atoms with van der Waals surface area (Å²) in [5.74, 6) is -3.04. The molecule has 7 heteroatoms. The van der Waals surface area contributed by atoms with Crippen molar-refractivity contribution in [3.05, 3.63) is 69.9 Å². The molecule has 25 heavy (non-hydrogen) atoms. The van der Waals surface area contributed by atoms with Crippen LogP contribution in [0.1, 0.15) is 29.7 Å². The fourth-order valence-electron chi connectivity index (χ4n) is 3.55. The van der Waals surface area contributed by atoms with Gasteiger partial charge in [0.25, 0.3) is 5.56 Å². The number of esters is 1. The first-order valence-corrected chi connectivity index (χ1v) is 7.90. The number of fused-ring (bicyclic) bond motifs is 1. The molecular weight excluding hydrogens is 327 g/mol. The van der Waals surface area contributed by atoms with Gasteiger partial charge < -0.3 is 14.9 Å². The minimum absolute atomic E-state index is 0.0162. The van der Waals surface area contributed by atoms with Crippen LogP contribution in [-0.4, -0.2) is 33.5 Å². The normalized spacial score (nSPS) is 25.2. The number of nitrogens with one attached hydrogen (secondary N) is 2. The maximum absolute atomic E-state index is 13.8. The van der Waals surface area contributed by atoms with Crippen LogP contribution in [0.25, 0.3) is 0 Å². The van der Waals surface area contributed by atoms with Crippen molar-refractivity contribution in [2.45, 2.75) is 24.9 Å². The van der Waals surface area contributed by atoms with Gasteiger partial charge in [0.1, 0.15) is 12.4 Å². The SMILES string of the molecule is C=CCOC(=O)[C@H]1[C@@H](c2cccc(F)c2)c2c([nH][nH]c2=O)C[C@@]1(C)O. The lowest BCUT2D eigenvalue weighted by molar-refractivity contribution is -0.158. The standard InChI is InChI=1S/C18H19FN2O4/c1-3-7-25-17(23)15-13(10-5-4-6-11(19)8-10)14-12(9-18(15,2)24)20-21-16(14)22/h3-6,8,13,15,24H,1,7,9H2,2H3,(H2,20,21,22)/t13-,15+,18+/m0/s1. The van der Waals surface area contributed by atoms with E-state index in [1.807, 2.05) is 0 Å². The Morgan fingerprint density at radius 2 is 2.28 bits per heavy atom. The van der Waals surface area contributed by atoms with Crippen molar-refractivity contribution in [1.29, 1.82) is 0 Å². The molecule has 0 bridgehead atoms. The van der Waals surface area contributed by atoms with Crippen LogP contribution in [0.3, 0.4) is 0 Å². The van der Waals surface area contributed by atoms with Gasteiger partial charge in [0.15, 0.2) is 0 Å². The van der Waals surface area contributed by atoms with Gasteiger partial charge in [-0.3, -0.25) is 14.7 Å². The molecule has 3 atom stereocenters. The van der Waals surface area contributed by atoms with Crippen LogP contribution in [0.4, 0.5) is 4.39 Å². The molecule has 0 saturated carbocycles. The van der Waals surface area contributed by atoms with Crippen LogP contribution in [0.2, 0.25) is 0 Å². The molecule has 1 aromatic carbocycles. The van der Waals surface area contributed by atoms with E-state index in [0.717, 1.165) is 0 Å². The molecular formula is C18H19FN2O4. The quantitative estimate of drug-likeness (QED) is 0.579. The number of rotatable bonds is 4. The Morgan fingerprint density at radius 3 is 2.96 bits per heavy atom. The third kappa shape index (κ3) is 3.02. The zero-order chi connectivity index (χ0) is 18.2. The third-order valence-electron chi connectivity index (χ3n) is 4.55. The summed E-state index contributed by atoms with van der Waals surface area (Å²) in [6, 6.07) is 5.66. The largest absolute Gasteiger partial charge is 0.461 e. The summed E-state index contributed by atoms with van der Waals surface area (Å²) in [5.41, 5.74) is -0.643. The highest BCUT2D eigenvalue weighted by Crippen LogP contribution is 2.44. The summed E-state index contributed by atoms with van der Waals surface area (Å²) in [6.07, 6.45) is 1.49. The van der Waals surface area contributed by atoms with E-state index in [1.165, 1.54) is 31.2 Å². The number of ether oxygens (including phenoxy) is 1. The fraction of sp³-hybridized carbons (Fsp3) is 0.333. The molecule has 0 spiro atoms. The van der Waals surface area contributed by atoms with Crippen molar-refractivity contribution < 1.29 is 19.0 Å². The van der Waals surface area contributed by atoms with Crippen molar-refractivity contribution in [2.24, 2.45) is 5.92 Å². The van der Waals surface area contributed by atoms with E-state index in [0.29, 0.717) is 16.8 Å². The van der Waals surface area contributed by atoms with Crippen LogP contribution in [0.5, 0.6) is 0 Å². The number of carbonyl (C=O) groups is 1. The van der Waals surface area contributed by atoms with E-state index in [4.69, 9.17) is 4.74 Å². The number of aromatic nitrogens is 2. The molecule has 0 aliphatic heterocycles. The van der Waals surface area contributed by atoms with E-state index >= 15 is 0 Å². The molecule has 2 aromatic rings. The Hall–Kier alpha value is -2.67. The molecule has 0 radical (unpaired) electrons. The van der Waals surface area contributed by atoms with Crippen molar-refractivity contribution in [3.63, 3.8) is 0 Å². The topological polar surface area (TPSA) is 95.2 Å². The average molecular weight is 346 g/mol. The average Bonchev–Trinajstić information content (AvgIpc) is 2.90. The van der Waals surface area contributed by atoms with Gasteiger partial charge in [-0.05, 0) is 24.6 Å². The monoisotopic (exact) mass is 346 g/mol. The van der Waals surface area contributed by atoms with E-state index in [-0.39, 0.29) is 13.0 Å². The van der Waals surface area contributed by atoms with Crippen LogP contribution in [0.15, 0.2) is 41.7 Å². The zero-order valence-electron chi connectivity index (χ0n) is 13.7. The van der Waals surface area contributed by atoms with Crippen molar-refractivity contribution in [3.8, 4) is 0 Å². The molecule has 1 aromatic heterocycles. The number of hydrogen-bond acceptors (Lipinski definition) is 4. The van der Waals surface area contributed by atoms with Crippen LogP contribution in [-0.2, 0) is 16.0 Å². The van der Waals surface area contributed by atoms with Gasteiger partial charge in [-0.15, -0.1) is 0 Å². The van der Waals surface area contributed by atoms with Crippen molar-refractivity contribution >= 4 is 5.97 Å². The number of H-pyrrole nitrogens is 2. The Labute approximate surface area is 143 Å². The Bertz CT molecular complexity index is 868. The predicted octanol–water partition coefficient (Wildman–Crippen LogP) is 1.63. The predicted molar refractivity (Wildman–Crippen MR) is 88.6 cm³/mol. The minimum Gasteiger partial charge on any atom is -0.461 e. The first-order chi connectivity index (χ1) is 11.8. The minimum atomic E-state index is -1.48. The number of carbonyl (C=O) groups excluding carboxylic acids is 1. The van der Waals surface area contributed by atoms with E-state index in [9.17, 15) is 19.1 Å². The summed E-state index contributed by atoms with van der Waals surface area (Å²) < 4.78 is 18.9. The zero-order valence-corrected chi connectivity index (χ0v) is 13.7. The summed E-state index contributed by atoms with van der Waals surface area (Å²) >= 11 is 0. The van der Waals surface area contributed by atoms with Crippen molar-refractivity contribution in [1.82, 2.24) is 10.2 Å². The molecule has 3 N–H and O–H groups in total.